The molecule has 1 aliphatic heterocycles. The number of amides is 2. The predicted molar refractivity (Wildman–Crippen MR) is 92.2 cm³/mol. The van der Waals surface area contributed by atoms with Crippen LogP contribution in [0.25, 0.3) is 0 Å². The summed E-state index contributed by atoms with van der Waals surface area (Å²) in [4.78, 5) is 28.9. The second-order valence-electron chi connectivity index (χ2n) is 6.41. The minimum Gasteiger partial charge on any atom is -0.339 e. The van der Waals surface area contributed by atoms with Crippen LogP contribution in [0, 0.1) is 11.7 Å². The van der Waals surface area contributed by atoms with Crippen LogP contribution in [0.15, 0.2) is 29.2 Å². The van der Waals surface area contributed by atoms with Crippen molar-refractivity contribution in [3.8, 4) is 0 Å². The zero-order chi connectivity index (χ0) is 16.9. The van der Waals surface area contributed by atoms with E-state index in [9.17, 15) is 14.0 Å². The number of hydrogen-bond acceptors (Lipinski definition) is 3. The van der Waals surface area contributed by atoms with Gasteiger partial charge in [-0.15, -0.1) is 11.8 Å². The number of nitrogens with zero attached hydrogens (tertiary/aromatic N) is 2. The van der Waals surface area contributed by atoms with E-state index in [0.717, 1.165) is 25.7 Å². The van der Waals surface area contributed by atoms with E-state index < -0.39 is 0 Å². The summed E-state index contributed by atoms with van der Waals surface area (Å²) < 4.78 is 13.6. The number of rotatable bonds is 4. The average Bonchev–Trinajstić information content (AvgIpc) is 3.15. The Morgan fingerprint density at radius 2 is 1.67 bits per heavy atom. The molecule has 2 aliphatic rings. The lowest BCUT2D eigenvalue weighted by Crippen LogP contribution is -2.52. The molecule has 1 saturated carbocycles. The zero-order valence-corrected chi connectivity index (χ0v) is 14.6. The van der Waals surface area contributed by atoms with Gasteiger partial charge < -0.3 is 9.80 Å². The minimum atomic E-state index is -0.290. The van der Waals surface area contributed by atoms with E-state index in [1.165, 1.54) is 17.8 Å². The van der Waals surface area contributed by atoms with Crippen LogP contribution >= 0.6 is 11.8 Å². The SMILES string of the molecule is O=C(CSc1ccccc1F)N1CCN(C(=O)C2CCCC2)CC1. The van der Waals surface area contributed by atoms with Crippen molar-refractivity contribution >= 4 is 23.6 Å². The van der Waals surface area contributed by atoms with Crippen LogP contribution in [0.5, 0.6) is 0 Å². The van der Waals surface area contributed by atoms with Gasteiger partial charge in [0.1, 0.15) is 5.82 Å². The summed E-state index contributed by atoms with van der Waals surface area (Å²) in [7, 11) is 0. The lowest BCUT2D eigenvalue weighted by Gasteiger charge is -2.36. The molecule has 1 saturated heterocycles. The van der Waals surface area contributed by atoms with Crippen LogP contribution in [0.4, 0.5) is 4.39 Å². The van der Waals surface area contributed by atoms with E-state index in [0.29, 0.717) is 31.1 Å². The molecule has 0 N–H and O–H groups in total. The first-order valence-electron chi connectivity index (χ1n) is 8.59. The Labute approximate surface area is 146 Å². The fourth-order valence-electron chi connectivity index (χ4n) is 3.40. The van der Waals surface area contributed by atoms with E-state index >= 15 is 0 Å². The smallest absolute Gasteiger partial charge is 0.233 e. The van der Waals surface area contributed by atoms with Crippen molar-refractivity contribution in [1.29, 1.82) is 0 Å². The highest BCUT2D eigenvalue weighted by Crippen LogP contribution is 2.27. The molecule has 1 aliphatic carbocycles. The molecule has 0 bridgehead atoms. The first-order valence-corrected chi connectivity index (χ1v) is 9.57. The molecular weight excluding hydrogens is 327 g/mol. The van der Waals surface area contributed by atoms with Crippen molar-refractivity contribution in [2.24, 2.45) is 5.92 Å². The molecule has 1 heterocycles. The number of hydrogen-bond donors (Lipinski definition) is 0. The van der Waals surface area contributed by atoms with Crippen LogP contribution in [0.2, 0.25) is 0 Å². The average molecular weight is 350 g/mol. The summed E-state index contributed by atoms with van der Waals surface area (Å²) in [5, 5.41) is 0. The van der Waals surface area contributed by atoms with Gasteiger partial charge in [0.2, 0.25) is 11.8 Å². The highest BCUT2D eigenvalue weighted by molar-refractivity contribution is 8.00. The summed E-state index contributed by atoms with van der Waals surface area (Å²) in [6, 6.07) is 6.50. The summed E-state index contributed by atoms with van der Waals surface area (Å²) in [6.45, 7) is 2.39. The van der Waals surface area contributed by atoms with Crippen LogP contribution < -0.4 is 0 Å². The Kier molecular flexibility index (Phi) is 5.76. The molecule has 4 nitrogen and oxygen atoms in total. The van der Waals surface area contributed by atoms with Crippen molar-refractivity contribution < 1.29 is 14.0 Å². The number of thioether (sulfide) groups is 1. The molecule has 0 spiro atoms. The Bertz CT molecular complexity index is 596. The Morgan fingerprint density at radius 3 is 2.33 bits per heavy atom. The molecule has 1 aromatic carbocycles. The van der Waals surface area contributed by atoms with Gasteiger partial charge in [-0.05, 0) is 25.0 Å². The number of halogens is 1. The monoisotopic (exact) mass is 350 g/mol. The van der Waals surface area contributed by atoms with Gasteiger partial charge in [0.15, 0.2) is 0 Å². The van der Waals surface area contributed by atoms with E-state index in [1.54, 1.807) is 23.1 Å². The number of benzene rings is 1. The highest BCUT2D eigenvalue weighted by atomic mass is 32.2. The maximum absolute atomic E-state index is 13.6. The quantitative estimate of drug-likeness (QED) is 0.784. The summed E-state index contributed by atoms with van der Waals surface area (Å²) >= 11 is 1.23. The maximum atomic E-state index is 13.6. The molecule has 2 fully saturated rings. The molecule has 24 heavy (non-hydrogen) atoms. The maximum Gasteiger partial charge on any atom is 0.233 e. The van der Waals surface area contributed by atoms with Crippen molar-refractivity contribution in [3.05, 3.63) is 30.1 Å². The van der Waals surface area contributed by atoms with Crippen molar-refractivity contribution in [3.63, 3.8) is 0 Å². The Balaban J connectivity index is 1.45. The Morgan fingerprint density at radius 1 is 1.04 bits per heavy atom. The van der Waals surface area contributed by atoms with Gasteiger partial charge in [-0.25, -0.2) is 4.39 Å². The summed E-state index contributed by atoms with van der Waals surface area (Å²) in [5.74, 6) is 0.417. The van der Waals surface area contributed by atoms with E-state index in [2.05, 4.69) is 0 Å². The van der Waals surface area contributed by atoms with Crippen molar-refractivity contribution in [1.82, 2.24) is 9.80 Å². The lowest BCUT2D eigenvalue weighted by atomic mass is 10.1. The molecule has 0 radical (unpaired) electrons. The van der Waals surface area contributed by atoms with E-state index in [-0.39, 0.29) is 29.3 Å². The fourth-order valence-corrected chi connectivity index (χ4v) is 4.24. The van der Waals surface area contributed by atoms with Crippen LogP contribution in [-0.2, 0) is 9.59 Å². The van der Waals surface area contributed by atoms with Crippen molar-refractivity contribution in [2.75, 3.05) is 31.9 Å². The second-order valence-corrected chi connectivity index (χ2v) is 7.42. The Hall–Kier alpha value is -1.56. The third kappa shape index (κ3) is 4.09. The molecule has 1 aromatic rings. The van der Waals surface area contributed by atoms with Gasteiger partial charge in [-0.1, -0.05) is 25.0 Å². The summed E-state index contributed by atoms with van der Waals surface area (Å²) in [5.41, 5.74) is 0. The second kappa shape index (κ2) is 8.01. The first-order chi connectivity index (χ1) is 11.6. The fraction of sp³-hybridized carbons (Fsp3) is 0.556. The molecule has 6 heteroatoms. The van der Waals surface area contributed by atoms with Gasteiger partial charge in [0.05, 0.1) is 5.75 Å². The highest BCUT2D eigenvalue weighted by Gasteiger charge is 2.30. The molecule has 3 rings (SSSR count). The minimum absolute atomic E-state index is 0.0104. The topological polar surface area (TPSA) is 40.6 Å². The van der Waals surface area contributed by atoms with E-state index in [4.69, 9.17) is 0 Å². The largest absolute Gasteiger partial charge is 0.339 e. The molecule has 2 amide bonds. The lowest BCUT2D eigenvalue weighted by molar-refractivity contribution is -0.141. The first kappa shape index (κ1) is 17.3. The van der Waals surface area contributed by atoms with Gasteiger partial charge in [-0.2, -0.15) is 0 Å². The normalized spacial score (nSPS) is 18.9. The van der Waals surface area contributed by atoms with Crippen LogP contribution in [-0.4, -0.2) is 53.5 Å². The third-order valence-electron chi connectivity index (χ3n) is 4.84. The predicted octanol–water partition coefficient (Wildman–Crippen LogP) is 2.78. The van der Waals surface area contributed by atoms with Gasteiger partial charge >= 0.3 is 0 Å². The molecule has 0 atom stereocenters. The molecular formula is C18H23FN2O2S. The number of carbonyl (C=O) groups excluding carboxylic acids is 2. The summed E-state index contributed by atoms with van der Waals surface area (Å²) in [6.07, 6.45) is 4.33. The third-order valence-corrected chi connectivity index (χ3v) is 5.87. The molecule has 130 valence electrons. The van der Waals surface area contributed by atoms with Gasteiger partial charge in [-0.3, -0.25) is 9.59 Å². The van der Waals surface area contributed by atoms with Gasteiger partial charge in [0, 0.05) is 37.0 Å². The number of piperazine rings is 1. The van der Waals surface area contributed by atoms with Crippen molar-refractivity contribution in [2.45, 2.75) is 30.6 Å². The van der Waals surface area contributed by atoms with Gasteiger partial charge in [0.25, 0.3) is 0 Å². The molecule has 0 unspecified atom stereocenters. The standard InChI is InChI=1S/C18H23FN2O2S/c19-15-7-3-4-8-16(15)24-13-17(22)20-9-11-21(12-10-20)18(23)14-5-1-2-6-14/h3-4,7-8,14H,1-2,5-6,9-13H2. The zero-order valence-electron chi connectivity index (χ0n) is 13.7. The van der Waals surface area contributed by atoms with E-state index in [1.807, 2.05) is 4.90 Å². The molecule has 0 aromatic heterocycles. The van der Waals surface area contributed by atoms with Crippen LogP contribution in [0.3, 0.4) is 0 Å². The number of carbonyl (C=O) groups is 2. The van der Waals surface area contributed by atoms with Crippen LogP contribution in [0.1, 0.15) is 25.7 Å².